The van der Waals surface area contributed by atoms with Gasteiger partial charge in [0.1, 0.15) is 5.69 Å². The van der Waals surface area contributed by atoms with Crippen molar-refractivity contribution in [3.63, 3.8) is 0 Å². The molecule has 1 heterocycles. The summed E-state index contributed by atoms with van der Waals surface area (Å²) in [4.78, 5) is 27.0. The smallest absolute Gasteiger partial charge is 0.355 e. The summed E-state index contributed by atoms with van der Waals surface area (Å²) in [6.45, 7) is 2.13. The number of carbonyl (C=O) groups excluding carboxylic acids is 2. The van der Waals surface area contributed by atoms with Gasteiger partial charge in [-0.1, -0.05) is 12.1 Å². The Morgan fingerprint density at radius 3 is 2.87 bits per heavy atom. The zero-order chi connectivity index (χ0) is 16.4. The summed E-state index contributed by atoms with van der Waals surface area (Å²) in [6.07, 6.45) is 3.94. The summed E-state index contributed by atoms with van der Waals surface area (Å²) >= 11 is 0. The molecule has 120 valence electrons. The number of hydrogen-bond acceptors (Lipinski definition) is 4. The SMILES string of the molecule is CCOC(=O)c1[nH]c2cccc3c2c1CCC/C3=C\C(=O)OC. The lowest BCUT2D eigenvalue weighted by atomic mass is 9.99. The third kappa shape index (κ3) is 2.74. The van der Waals surface area contributed by atoms with E-state index in [4.69, 9.17) is 9.47 Å². The van der Waals surface area contributed by atoms with Crippen LogP contribution in [0.4, 0.5) is 0 Å². The van der Waals surface area contributed by atoms with Crippen LogP contribution in [-0.4, -0.2) is 30.6 Å². The van der Waals surface area contributed by atoms with Gasteiger partial charge in [0, 0.05) is 17.0 Å². The molecule has 0 amide bonds. The molecule has 0 saturated heterocycles. The van der Waals surface area contributed by atoms with Gasteiger partial charge in [-0.15, -0.1) is 0 Å². The van der Waals surface area contributed by atoms with E-state index in [-0.39, 0.29) is 11.9 Å². The highest BCUT2D eigenvalue weighted by molar-refractivity contribution is 6.05. The number of methoxy groups -OCH3 is 1. The van der Waals surface area contributed by atoms with Crippen LogP contribution < -0.4 is 0 Å². The first-order chi connectivity index (χ1) is 11.2. The number of ether oxygens (including phenoxy) is 2. The molecule has 0 aliphatic heterocycles. The number of allylic oxidation sites excluding steroid dienone is 1. The van der Waals surface area contributed by atoms with Crippen LogP contribution in [0.3, 0.4) is 0 Å². The van der Waals surface area contributed by atoms with Gasteiger partial charge in [-0.05, 0) is 49.0 Å². The average Bonchev–Trinajstić information content (AvgIpc) is 2.82. The van der Waals surface area contributed by atoms with Crippen molar-refractivity contribution in [1.29, 1.82) is 0 Å². The van der Waals surface area contributed by atoms with E-state index in [2.05, 4.69) is 4.98 Å². The van der Waals surface area contributed by atoms with Crippen LogP contribution in [0.2, 0.25) is 0 Å². The van der Waals surface area contributed by atoms with Gasteiger partial charge in [0.05, 0.1) is 13.7 Å². The number of H-pyrrole nitrogens is 1. The first kappa shape index (κ1) is 15.3. The van der Waals surface area contributed by atoms with Crippen LogP contribution in [0, 0.1) is 0 Å². The molecule has 5 heteroatoms. The third-order valence-electron chi connectivity index (χ3n) is 4.12. The predicted octanol–water partition coefficient (Wildman–Crippen LogP) is 3.24. The van der Waals surface area contributed by atoms with Crippen molar-refractivity contribution in [2.24, 2.45) is 0 Å². The Morgan fingerprint density at radius 1 is 1.30 bits per heavy atom. The highest BCUT2D eigenvalue weighted by Gasteiger charge is 2.24. The number of esters is 2. The minimum absolute atomic E-state index is 0.329. The van der Waals surface area contributed by atoms with Gasteiger partial charge in [-0.3, -0.25) is 0 Å². The summed E-state index contributed by atoms with van der Waals surface area (Å²) in [5.41, 5.74) is 4.30. The standard InChI is InChI=1S/C18H19NO4/c1-3-23-18(21)17-13-8-4-6-11(10-15(20)22-2)12-7-5-9-14(19-17)16(12)13/h5,7,9-10,19H,3-4,6,8H2,1-2H3/b11-10+. The van der Waals surface area contributed by atoms with Crippen molar-refractivity contribution >= 4 is 28.4 Å². The molecule has 5 nitrogen and oxygen atoms in total. The molecule has 3 rings (SSSR count). The van der Waals surface area contributed by atoms with Crippen molar-refractivity contribution in [2.75, 3.05) is 13.7 Å². The summed E-state index contributed by atoms with van der Waals surface area (Å²) in [5.74, 6) is -0.688. The molecule has 0 saturated carbocycles. The van der Waals surface area contributed by atoms with Crippen molar-refractivity contribution in [3.05, 3.63) is 41.1 Å². The summed E-state index contributed by atoms with van der Waals surface area (Å²) in [7, 11) is 1.37. The van der Waals surface area contributed by atoms with Crippen molar-refractivity contribution < 1.29 is 19.1 Å². The molecule has 2 aromatic rings. The molecular weight excluding hydrogens is 294 g/mol. The zero-order valence-corrected chi connectivity index (χ0v) is 13.3. The van der Waals surface area contributed by atoms with Crippen LogP contribution >= 0.6 is 0 Å². The Labute approximate surface area is 134 Å². The summed E-state index contributed by atoms with van der Waals surface area (Å²) in [6, 6.07) is 5.84. The van der Waals surface area contributed by atoms with Gasteiger partial charge in [0.15, 0.2) is 0 Å². The maximum Gasteiger partial charge on any atom is 0.355 e. The normalized spacial score (nSPS) is 15.5. The molecule has 1 aromatic heterocycles. The van der Waals surface area contributed by atoms with E-state index in [9.17, 15) is 9.59 Å². The molecule has 0 radical (unpaired) electrons. The second-order valence-electron chi connectivity index (χ2n) is 5.47. The number of carbonyl (C=O) groups is 2. The van der Waals surface area contributed by atoms with E-state index in [0.29, 0.717) is 12.3 Å². The first-order valence-electron chi connectivity index (χ1n) is 7.75. The van der Waals surface area contributed by atoms with E-state index < -0.39 is 0 Å². The van der Waals surface area contributed by atoms with Gasteiger partial charge >= 0.3 is 11.9 Å². The monoisotopic (exact) mass is 313 g/mol. The Kier molecular flexibility index (Phi) is 4.19. The second-order valence-corrected chi connectivity index (χ2v) is 5.47. The number of aromatic nitrogens is 1. The Hall–Kier alpha value is -2.56. The highest BCUT2D eigenvalue weighted by atomic mass is 16.5. The number of aromatic amines is 1. The molecule has 0 atom stereocenters. The van der Waals surface area contributed by atoms with Crippen LogP contribution in [-0.2, 0) is 20.7 Å². The maximum atomic E-state index is 12.2. The molecule has 1 aromatic carbocycles. The van der Waals surface area contributed by atoms with E-state index in [1.807, 2.05) is 18.2 Å². The topological polar surface area (TPSA) is 68.4 Å². The van der Waals surface area contributed by atoms with E-state index in [1.54, 1.807) is 13.0 Å². The third-order valence-corrected chi connectivity index (χ3v) is 4.12. The molecule has 23 heavy (non-hydrogen) atoms. The highest BCUT2D eigenvalue weighted by Crippen LogP contribution is 2.36. The van der Waals surface area contributed by atoms with Gasteiger partial charge < -0.3 is 14.5 Å². The largest absolute Gasteiger partial charge is 0.466 e. The fraction of sp³-hybridized carbons (Fsp3) is 0.333. The Bertz CT molecular complexity index is 801. The van der Waals surface area contributed by atoms with Crippen molar-refractivity contribution in [3.8, 4) is 0 Å². The Morgan fingerprint density at radius 2 is 2.13 bits per heavy atom. The zero-order valence-electron chi connectivity index (χ0n) is 13.3. The summed E-state index contributed by atoms with van der Waals surface area (Å²) in [5, 5.41) is 1.00. The van der Waals surface area contributed by atoms with Gasteiger partial charge in [0.2, 0.25) is 0 Å². The minimum atomic E-state index is -0.360. The molecule has 0 fully saturated rings. The van der Waals surface area contributed by atoms with E-state index in [1.165, 1.54) is 7.11 Å². The molecular formula is C18H19NO4. The molecule has 0 bridgehead atoms. The minimum Gasteiger partial charge on any atom is -0.466 e. The van der Waals surface area contributed by atoms with Crippen LogP contribution in [0.25, 0.3) is 16.5 Å². The number of rotatable bonds is 3. The van der Waals surface area contributed by atoms with Crippen LogP contribution in [0.1, 0.15) is 41.4 Å². The van der Waals surface area contributed by atoms with E-state index >= 15 is 0 Å². The number of aryl methyl sites for hydroxylation is 1. The second kappa shape index (κ2) is 6.28. The average molecular weight is 313 g/mol. The molecule has 0 unspecified atom stereocenters. The fourth-order valence-corrected chi connectivity index (χ4v) is 3.15. The van der Waals surface area contributed by atoms with Gasteiger partial charge in [-0.25, -0.2) is 9.59 Å². The van der Waals surface area contributed by atoms with Gasteiger partial charge in [-0.2, -0.15) is 0 Å². The molecule has 1 aliphatic rings. The number of nitrogens with one attached hydrogen (secondary N) is 1. The summed E-state index contributed by atoms with van der Waals surface area (Å²) < 4.78 is 9.91. The van der Waals surface area contributed by atoms with Crippen molar-refractivity contribution in [2.45, 2.75) is 26.2 Å². The first-order valence-corrected chi connectivity index (χ1v) is 7.75. The van der Waals surface area contributed by atoms with E-state index in [0.717, 1.165) is 46.9 Å². The van der Waals surface area contributed by atoms with Crippen LogP contribution in [0.5, 0.6) is 0 Å². The lowest BCUT2D eigenvalue weighted by Gasteiger charge is -2.06. The van der Waals surface area contributed by atoms with Crippen LogP contribution in [0.15, 0.2) is 24.3 Å². The predicted molar refractivity (Wildman–Crippen MR) is 87.2 cm³/mol. The number of benzene rings is 1. The van der Waals surface area contributed by atoms with Crippen molar-refractivity contribution in [1.82, 2.24) is 4.98 Å². The molecule has 1 N–H and O–H groups in total. The quantitative estimate of drug-likeness (QED) is 0.697. The van der Waals surface area contributed by atoms with Gasteiger partial charge in [0.25, 0.3) is 0 Å². The lowest BCUT2D eigenvalue weighted by Crippen LogP contribution is -2.07. The molecule has 0 spiro atoms. The Balaban J connectivity index is 2.20. The fourth-order valence-electron chi connectivity index (χ4n) is 3.15. The number of hydrogen-bond donors (Lipinski definition) is 1. The maximum absolute atomic E-state index is 12.2. The lowest BCUT2D eigenvalue weighted by molar-refractivity contribution is -0.134. The molecule has 1 aliphatic carbocycles.